The van der Waals surface area contributed by atoms with E-state index in [9.17, 15) is 15.3 Å². The van der Waals surface area contributed by atoms with Crippen LogP contribution in [0.1, 0.15) is 0 Å². The van der Waals surface area contributed by atoms with Gasteiger partial charge in [-0.3, -0.25) is 0 Å². The number of nitrogens with two attached hydrogens (primary N) is 1. The van der Waals surface area contributed by atoms with E-state index in [0.29, 0.717) is 5.69 Å². The van der Waals surface area contributed by atoms with Gasteiger partial charge in [-0.25, -0.2) is 0 Å². The second kappa shape index (κ2) is 6.08. The Bertz CT molecular complexity index is 413. The number of hydrogen-bond acceptors (Lipinski definition) is 7. The molecule has 0 amide bonds. The van der Waals surface area contributed by atoms with Gasteiger partial charge in [-0.05, 0) is 24.3 Å². The Morgan fingerprint density at radius 1 is 1.05 bits per heavy atom. The molecule has 0 aliphatic carbocycles. The molecule has 1 aromatic carbocycles. The Balaban J connectivity index is 2.08. The Hall–Kier alpha value is -0.830. The first-order valence-electron chi connectivity index (χ1n) is 5.85. The van der Waals surface area contributed by atoms with Crippen molar-refractivity contribution in [1.82, 2.24) is 0 Å². The van der Waals surface area contributed by atoms with Gasteiger partial charge in [0.25, 0.3) is 0 Å². The van der Waals surface area contributed by atoms with Gasteiger partial charge >= 0.3 is 0 Å². The average molecular weight is 287 g/mol. The Morgan fingerprint density at radius 2 is 1.68 bits per heavy atom. The number of ether oxygens (including phenoxy) is 1. The number of aliphatic hydroxyl groups is 4. The quantitative estimate of drug-likeness (QED) is 0.460. The number of hydrogen-bond donors (Lipinski definition) is 5. The molecule has 0 radical (unpaired) electrons. The summed E-state index contributed by atoms with van der Waals surface area (Å²) in [5.74, 6) is 0. The Labute approximate surface area is 114 Å². The molecule has 1 fully saturated rings. The van der Waals surface area contributed by atoms with Gasteiger partial charge in [0, 0.05) is 10.6 Å². The van der Waals surface area contributed by atoms with E-state index in [1.54, 1.807) is 24.3 Å². The number of anilines is 1. The van der Waals surface area contributed by atoms with Gasteiger partial charge in [0.1, 0.15) is 29.9 Å². The van der Waals surface area contributed by atoms with Gasteiger partial charge < -0.3 is 30.9 Å². The average Bonchev–Trinajstić information content (AvgIpc) is 2.42. The highest BCUT2D eigenvalue weighted by molar-refractivity contribution is 7.99. The molecule has 0 saturated carbocycles. The molecule has 0 spiro atoms. The van der Waals surface area contributed by atoms with Gasteiger partial charge in [0.2, 0.25) is 0 Å². The van der Waals surface area contributed by atoms with Crippen molar-refractivity contribution in [1.29, 1.82) is 0 Å². The standard InChI is InChI=1S/C12H17NO5S/c13-6-1-3-7(4-2-6)19-12-11(17)10(16)9(15)8(5-14)18-12/h1-4,8-12,14-17H,5,13H2/t8-,9-,10+,11-,12+/m1/s1. The molecule has 1 aromatic rings. The van der Waals surface area contributed by atoms with E-state index in [4.69, 9.17) is 15.6 Å². The van der Waals surface area contributed by atoms with Crippen LogP contribution in [0, 0.1) is 0 Å². The summed E-state index contributed by atoms with van der Waals surface area (Å²) in [4.78, 5) is 0.804. The van der Waals surface area contributed by atoms with Crippen LogP contribution in [0.25, 0.3) is 0 Å². The molecule has 2 rings (SSSR count). The summed E-state index contributed by atoms with van der Waals surface area (Å²) < 4.78 is 5.39. The molecule has 5 atom stereocenters. The molecule has 106 valence electrons. The van der Waals surface area contributed by atoms with E-state index in [1.807, 2.05) is 0 Å². The van der Waals surface area contributed by atoms with Crippen molar-refractivity contribution in [3.8, 4) is 0 Å². The third-order valence-electron chi connectivity index (χ3n) is 2.98. The van der Waals surface area contributed by atoms with E-state index in [2.05, 4.69) is 0 Å². The minimum absolute atomic E-state index is 0.427. The maximum absolute atomic E-state index is 9.87. The van der Waals surface area contributed by atoms with E-state index >= 15 is 0 Å². The number of benzene rings is 1. The highest BCUT2D eigenvalue weighted by atomic mass is 32.2. The second-order valence-corrected chi connectivity index (χ2v) is 5.56. The fourth-order valence-corrected chi connectivity index (χ4v) is 2.91. The zero-order valence-corrected chi connectivity index (χ0v) is 10.9. The lowest BCUT2D eigenvalue weighted by Crippen LogP contribution is -2.57. The molecule has 1 aliphatic heterocycles. The smallest absolute Gasteiger partial charge is 0.136 e. The molecule has 1 aliphatic rings. The predicted molar refractivity (Wildman–Crippen MR) is 70.5 cm³/mol. The molecule has 19 heavy (non-hydrogen) atoms. The molecule has 1 heterocycles. The maximum atomic E-state index is 9.87. The zero-order valence-electron chi connectivity index (χ0n) is 10.1. The van der Waals surface area contributed by atoms with Gasteiger partial charge in [-0.15, -0.1) is 0 Å². The van der Waals surface area contributed by atoms with Crippen molar-refractivity contribution in [3.05, 3.63) is 24.3 Å². The molecule has 7 heteroatoms. The zero-order chi connectivity index (χ0) is 14.0. The van der Waals surface area contributed by atoms with Gasteiger partial charge in [0.05, 0.1) is 6.61 Å². The van der Waals surface area contributed by atoms with Crippen molar-refractivity contribution in [2.24, 2.45) is 0 Å². The third-order valence-corrected chi connectivity index (χ3v) is 4.15. The van der Waals surface area contributed by atoms with E-state index < -0.39 is 36.5 Å². The van der Waals surface area contributed by atoms with Crippen LogP contribution in [0.3, 0.4) is 0 Å². The van der Waals surface area contributed by atoms with Gasteiger partial charge in [-0.2, -0.15) is 0 Å². The molecular formula is C12H17NO5S. The summed E-state index contributed by atoms with van der Waals surface area (Å²) in [5.41, 5.74) is 5.43. The van der Waals surface area contributed by atoms with Crippen LogP contribution in [0.15, 0.2) is 29.2 Å². The highest BCUT2D eigenvalue weighted by Crippen LogP contribution is 2.33. The van der Waals surface area contributed by atoms with Crippen LogP contribution in [-0.4, -0.2) is 56.9 Å². The summed E-state index contributed by atoms with van der Waals surface area (Å²) in [5, 5.41) is 38.3. The lowest BCUT2D eigenvalue weighted by Gasteiger charge is -2.39. The predicted octanol–water partition coefficient (Wildman–Crippen LogP) is -0.839. The van der Waals surface area contributed by atoms with Gasteiger partial charge in [-0.1, -0.05) is 11.8 Å². The van der Waals surface area contributed by atoms with Crippen LogP contribution in [0.2, 0.25) is 0 Å². The van der Waals surface area contributed by atoms with E-state index in [-0.39, 0.29) is 0 Å². The summed E-state index contributed by atoms with van der Waals surface area (Å²) in [6.07, 6.45) is -4.80. The lowest BCUT2D eigenvalue weighted by molar-refractivity contribution is -0.205. The van der Waals surface area contributed by atoms with Crippen molar-refractivity contribution in [2.75, 3.05) is 12.3 Å². The van der Waals surface area contributed by atoms with Crippen molar-refractivity contribution in [3.63, 3.8) is 0 Å². The minimum atomic E-state index is -1.35. The summed E-state index contributed by atoms with van der Waals surface area (Å²) >= 11 is 1.20. The first kappa shape index (κ1) is 14.6. The molecule has 6 N–H and O–H groups in total. The number of thioether (sulfide) groups is 1. The van der Waals surface area contributed by atoms with Gasteiger partial charge in [0.15, 0.2) is 0 Å². The molecule has 6 nitrogen and oxygen atoms in total. The normalized spacial score (nSPS) is 35.3. The largest absolute Gasteiger partial charge is 0.399 e. The summed E-state index contributed by atoms with van der Waals surface area (Å²) in [7, 11) is 0. The van der Waals surface area contributed by atoms with Crippen LogP contribution in [-0.2, 0) is 4.74 Å². The molecule has 0 aromatic heterocycles. The van der Waals surface area contributed by atoms with Crippen LogP contribution in [0.4, 0.5) is 5.69 Å². The minimum Gasteiger partial charge on any atom is -0.399 e. The van der Waals surface area contributed by atoms with Crippen molar-refractivity contribution >= 4 is 17.4 Å². The van der Waals surface area contributed by atoms with Crippen LogP contribution >= 0.6 is 11.8 Å². The van der Waals surface area contributed by atoms with Crippen molar-refractivity contribution < 1.29 is 25.2 Å². The SMILES string of the molecule is Nc1ccc(S[C@@H]2O[C@H](CO)[C@@H](O)[C@H](O)[C@H]2O)cc1. The van der Waals surface area contributed by atoms with E-state index in [1.165, 1.54) is 11.8 Å². The number of aliphatic hydroxyl groups excluding tert-OH is 4. The molecular weight excluding hydrogens is 270 g/mol. The van der Waals surface area contributed by atoms with Crippen LogP contribution < -0.4 is 5.73 Å². The van der Waals surface area contributed by atoms with Crippen LogP contribution in [0.5, 0.6) is 0 Å². The Kier molecular flexibility index (Phi) is 4.67. The lowest BCUT2D eigenvalue weighted by atomic mass is 10.0. The molecule has 1 saturated heterocycles. The fraction of sp³-hybridized carbons (Fsp3) is 0.500. The first-order valence-corrected chi connectivity index (χ1v) is 6.73. The summed E-state index contributed by atoms with van der Waals surface area (Å²) in [6, 6.07) is 6.96. The third kappa shape index (κ3) is 3.19. The molecule has 0 bridgehead atoms. The monoisotopic (exact) mass is 287 g/mol. The fourth-order valence-electron chi connectivity index (χ4n) is 1.85. The summed E-state index contributed by atoms with van der Waals surface area (Å²) in [6.45, 7) is -0.427. The number of nitrogen functional groups attached to an aromatic ring is 1. The van der Waals surface area contributed by atoms with E-state index in [0.717, 1.165) is 4.90 Å². The maximum Gasteiger partial charge on any atom is 0.136 e. The Morgan fingerprint density at radius 3 is 2.26 bits per heavy atom. The topological polar surface area (TPSA) is 116 Å². The first-order chi connectivity index (χ1) is 9.02. The van der Waals surface area contributed by atoms with Crippen molar-refractivity contribution in [2.45, 2.75) is 34.7 Å². The number of rotatable bonds is 3. The second-order valence-electron chi connectivity index (χ2n) is 4.38. The molecule has 0 unspecified atom stereocenters. The highest BCUT2D eigenvalue weighted by Gasteiger charge is 2.43.